The van der Waals surface area contributed by atoms with Gasteiger partial charge < -0.3 is 14.8 Å². The number of amides is 1. The van der Waals surface area contributed by atoms with E-state index >= 15 is 0 Å². The summed E-state index contributed by atoms with van der Waals surface area (Å²) >= 11 is 0. The smallest absolute Gasteiger partial charge is 0.224 e. The summed E-state index contributed by atoms with van der Waals surface area (Å²) < 4.78 is 10.6. The number of methoxy groups -OCH3 is 1. The zero-order chi connectivity index (χ0) is 16.5. The standard InChI is InChI=1S/C19H23NO3/c1-3-23-18-9-5-4-8-17(18)20-19(21)10-6-7-15-11-13-16(22-2)14-12-15/h4-5,8-9,11-14H,3,6-7,10H2,1-2H3,(H,20,21). The largest absolute Gasteiger partial charge is 0.497 e. The molecule has 0 unspecified atom stereocenters. The molecule has 0 radical (unpaired) electrons. The zero-order valence-electron chi connectivity index (χ0n) is 13.7. The Kier molecular flexibility index (Phi) is 6.48. The molecule has 4 heteroatoms. The Bertz CT molecular complexity index is 623. The molecule has 0 fully saturated rings. The number of ether oxygens (including phenoxy) is 2. The first-order valence-electron chi connectivity index (χ1n) is 7.87. The van der Waals surface area contributed by atoms with Crippen LogP contribution < -0.4 is 14.8 Å². The maximum absolute atomic E-state index is 12.1. The lowest BCUT2D eigenvalue weighted by atomic mass is 10.1. The van der Waals surface area contributed by atoms with Crippen LogP contribution in [0.4, 0.5) is 5.69 Å². The van der Waals surface area contributed by atoms with Gasteiger partial charge in [0.2, 0.25) is 5.91 Å². The summed E-state index contributed by atoms with van der Waals surface area (Å²) in [7, 11) is 1.65. The Balaban J connectivity index is 1.81. The van der Waals surface area contributed by atoms with Gasteiger partial charge in [-0.1, -0.05) is 24.3 Å². The third-order valence-corrected chi connectivity index (χ3v) is 3.49. The van der Waals surface area contributed by atoms with Crippen LogP contribution in [0.3, 0.4) is 0 Å². The van der Waals surface area contributed by atoms with Crippen molar-refractivity contribution in [2.45, 2.75) is 26.2 Å². The highest BCUT2D eigenvalue weighted by Gasteiger charge is 2.07. The van der Waals surface area contributed by atoms with Gasteiger partial charge in [-0.25, -0.2) is 0 Å². The maximum atomic E-state index is 12.1. The van der Waals surface area contributed by atoms with Crippen molar-refractivity contribution in [1.82, 2.24) is 0 Å². The molecule has 0 spiro atoms. The van der Waals surface area contributed by atoms with Crippen molar-refractivity contribution in [3.8, 4) is 11.5 Å². The van der Waals surface area contributed by atoms with Crippen LogP contribution >= 0.6 is 0 Å². The van der Waals surface area contributed by atoms with Crippen LogP contribution in [0.2, 0.25) is 0 Å². The van der Waals surface area contributed by atoms with E-state index in [1.807, 2.05) is 55.5 Å². The van der Waals surface area contributed by atoms with Crippen LogP contribution in [0.1, 0.15) is 25.3 Å². The predicted octanol–water partition coefficient (Wildman–Crippen LogP) is 4.06. The first-order chi connectivity index (χ1) is 11.2. The third kappa shape index (κ3) is 5.33. The summed E-state index contributed by atoms with van der Waals surface area (Å²) in [6.07, 6.45) is 2.14. The summed E-state index contributed by atoms with van der Waals surface area (Å²) in [5.74, 6) is 1.56. The van der Waals surface area contributed by atoms with Crippen LogP contribution in [-0.2, 0) is 11.2 Å². The molecule has 0 atom stereocenters. The van der Waals surface area contributed by atoms with Gasteiger partial charge in [0.15, 0.2) is 0 Å². The van der Waals surface area contributed by atoms with Gasteiger partial charge >= 0.3 is 0 Å². The highest BCUT2D eigenvalue weighted by molar-refractivity contribution is 5.92. The summed E-state index contributed by atoms with van der Waals surface area (Å²) in [5.41, 5.74) is 1.93. The van der Waals surface area contributed by atoms with Crippen molar-refractivity contribution in [3.63, 3.8) is 0 Å². The molecule has 2 aromatic rings. The molecule has 0 saturated heterocycles. The van der Waals surface area contributed by atoms with Gasteiger partial charge in [0, 0.05) is 6.42 Å². The Hall–Kier alpha value is -2.49. The Morgan fingerprint density at radius 2 is 1.83 bits per heavy atom. The minimum atomic E-state index is 0.00525. The average Bonchev–Trinajstić information content (AvgIpc) is 2.57. The second-order valence-corrected chi connectivity index (χ2v) is 5.18. The monoisotopic (exact) mass is 313 g/mol. The molecule has 2 aromatic carbocycles. The van der Waals surface area contributed by atoms with Gasteiger partial charge in [0.25, 0.3) is 0 Å². The van der Waals surface area contributed by atoms with E-state index in [2.05, 4.69) is 5.32 Å². The van der Waals surface area contributed by atoms with Crippen molar-refractivity contribution in [3.05, 3.63) is 54.1 Å². The molecule has 0 aliphatic rings. The Morgan fingerprint density at radius 3 is 2.52 bits per heavy atom. The van der Waals surface area contributed by atoms with E-state index in [1.54, 1.807) is 7.11 Å². The first kappa shape index (κ1) is 16.9. The van der Waals surface area contributed by atoms with Crippen molar-refractivity contribution >= 4 is 11.6 Å². The second kappa shape index (κ2) is 8.83. The average molecular weight is 313 g/mol. The number of aryl methyl sites for hydroxylation is 1. The lowest BCUT2D eigenvalue weighted by molar-refractivity contribution is -0.116. The van der Waals surface area contributed by atoms with Crippen molar-refractivity contribution in [2.75, 3.05) is 19.0 Å². The van der Waals surface area contributed by atoms with Gasteiger partial charge in [0.1, 0.15) is 11.5 Å². The van der Waals surface area contributed by atoms with Gasteiger partial charge in [0.05, 0.1) is 19.4 Å². The van der Waals surface area contributed by atoms with Crippen LogP contribution in [0, 0.1) is 0 Å². The first-order valence-corrected chi connectivity index (χ1v) is 7.87. The number of benzene rings is 2. The van der Waals surface area contributed by atoms with Gasteiger partial charge in [-0.05, 0) is 49.6 Å². The molecule has 4 nitrogen and oxygen atoms in total. The van der Waals surface area contributed by atoms with E-state index < -0.39 is 0 Å². The van der Waals surface area contributed by atoms with E-state index in [1.165, 1.54) is 5.56 Å². The third-order valence-electron chi connectivity index (χ3n) is 3.49. The quantitative estimate of drug-likeness (QED) is 0.799. The Morgan fingerprint density at radius 1 is 1.09 bits per heavy atom. The lowest BCUT2D eigenvalue weighted by Crippen LogP contribution is -2.12. The molecule has 1 amide bonds. The number of para-hydroxylation sites is 2. The molecule has 0 bridgehead atoms. The van der Waals surface area contributed by atoms with Crippen molar-refractivity contribution in [2.24, 2.45) is 0 Å². The summed E-state index contributed by atoms with van der Waals surface area (Å²) in [6, 6.07) is 15.4. The van der Waals surface area contributed by atoms with Gasteiger partial charge in [-0.15, -0.1) is 0 Å². The van der Waals surface area contributed by atoms with Crippen molar-refractivity contribution in [1.29, 1.82) is 0 Å². The van der Waals surface area contributed by atoms with E-state index in [0.29, 0.717) is 18.8 Å². The number of hydrogen-bond donors (Lipinski definition) is 1. The topological polar surface area (TPSA) is 47.6 Å². The van der Waals surface area contributed by atoms with Crippen LogP contribution in [0.5, 0.6) is 11.5 Å². The van der Waals surface area contributed by atoms with Crippen LogP contribution in [0.25, 0.3) is 0 Å². The number of hydrogen-bond acceptors (Lipinski definition) is 3. The fourth-order valence-corrected chi connectivity index (χ4v) is 2.31. The number of nitrogens with one attached hydrogen (secondary N) is 1. The fraction of sp³-hybridized carbons (Fsp3) is 0.316. The maximum Gasteiger partial charge on any atom is 0.224 e. The molecule has 122 valence electrons. The second-order valence-electron chi connectivity index (χ2n) is 5.18. The summed E-state index contributed by atoms with van der Waals surface area (Å²) in [5, 5.41) is 2.92. The van der Waals surface area contributed by atoms with Crippen LogP contribution in [0.15, 0.2) is 48.5 Å². The minimum Gasteiger partial charge on any atom is -0.497 e. The molecule has 0 aliphatic heterocycles. The predicted molar refractivity (Wildman–Crippen MR) is 92.2 cm³/mol. The molecule has 1 N–H and O–H groups in total. The fourth-order valence-electron chi connectivity index (χ4n) is 2.31. The van der Waals surface area contributed by atoms with E-state index in [-0.39, 0.29) is 5.91 Å². The molecular weight excluding hydrogens is 290 g/mol. The summed E-state index contributed by atoms with van der Waals surface area (Å²) in [6.45, 7) is 2.50. The SMILES string of the molecule is CCOc1ccccc1NC(=O)CCCc1ccc(OC)cc1. The molecule has 0 heterocycles. The Labute approximate surface area is 137 Å². The molecule has 23 heavy (non-hydrogen) atoms. The highest BCUT2D eigenvalue weighted by atomic mass is 16.5. The zero-order valence-corrected chi connectivity index (χ0v) is 13.7. The molecular formula is C19H23NO3. The highest BCUT2D eigenvalue weighted by Crippen LogP contribution is 2.24. The van der Waals surface area contributed by atoms with Crippen LogP contribution in [-0.4, -0.2) is 19.6 Å². The number of rotatable bonds is 8. The molecule has 0 aliphatic carbocycles. The van der Waals surface area contributed by atoms with Gasteiger partial charge in [-0.3, -0.25) is 4.79 Å². The van der Waals surface area contributed by atoms with E-state index in [4.69, 9.17) is 9.47 Å². The van der Waals surface area contributed by atoms with Crippen molar-refractivity contribution < 1.29 is 14.3 Å². The van der Waals surface area contributed by atoms with E-state index in [9.17, 15) is 4.79 Å². The molecule has 0 saturated carbocycles. The normalized spacial score (nSPS) is 10.2. The van der Waals surface area contributed by atoms with E-state index in [0.717, 1.165) is 24.3 Å². The molecule has 0 aromatic heterocycles. The molecule has 2 rings (SSSR count). The lowest BCUT2D eigenvalue weighted by Gasteiger charge is -2.11. The number of carbonyl (C=O) groups is 1. The number of anilines is 1. The van der Waals surface area contributed by atoms with Gasteiger partial charge in [-0.2, -0.15) is 0 Å². The minimum absolute atomic E-state index is 0.00525. The summed E-state index contributed by atoms with van der Waals surface area (Å²) in [4.78, 5) is 12.1. The number of carbonyl (C=O) groups excluding carboxylic acids is 1.